The molecule has 0 aliphatic carbocycles. The number of aromatic nitrogens is 3. The first-order valence-electron chi connectivity index (χ1n) is 8.85. The Bertz CT molecular complexity index is 867. The van der Waals surface area contributed by atoms with Crippen LogP contribution in [0.1, 0.15) is 48.1 Å². The smallest absolute Gasteiger partial charge is 0.375 e. The van der Waals surface area contributed by atoms with Crippen molar-refractivity contribution < 1.29 is 27.5 Å². The lowest BCUT2D eigenvalue weighted by Gasteiger charge is -2.16. The number of carbonyl (C=O) groups excluding carboxylic acids is 2. The van der Waals surface area contributed by atoms with E-state index in [0.717, 1.165) is 18.6 Å². The lowest BCUT2D eigenvalue weighted by molar-refractivity contribution is -0.137. The van der Waals surface area contributed by atoms with E-state index >= 15 is 0 Å². The molecule has 158 valence electrons. The summed E-state index contributed by atoms with van der Waals surface area (Å²) in [7, 11) is 1.28. The van der Waals surface area contributed by atoms with E-state index in [-0.39, 0.29) is 17.9 Å². The Morgan fingerprint density at radius 1 is 1.28 bits per heavy atom. The molecule has 2 aromatic rings. The molecule has 2 amide bonds. The number of carbonyl (C=O) groups is 2. The average molecular weight is 413 g/mol. The van der Waals surface area contributed by atoms with Gasteiger partial charge in [-0.25, -0.2) is 9.67 Å². The molecule has 8 nitrogen and oxygen atoms in total. The number of hydrogen-bond donors (Lipinski definition) is 2. The third-order valence-corrected chi connectivity index (χ3v) is 3.90. The molecule has 0 fully saturated rings. The van der Waals surface area contributed by atoms with Gasteiger partial charge in [-0.1, -0.05) is 6.92 Å². The van der Waals surface area contributed by atoms with E-state index in [1.54, 1.807) is 11.6 Å². The Morgan fingerprint density at radius 2 is 2.00 bits per heavy atom. The zero-order valence-corrected chi connectivity index (χ0v) is 16.2. The minimum atomic E-state index is -4.69. The van der Waals surface area contributed by atoms with E-state index in [2.05, 4.69) is 25.5 Å². The molecule has 0 spiro atoms. The number of anilines is 1. The van der Waals surface area contributed by atoms with Gasteiger partial charge in [-0.2, -0.15) is 18.3 Å². The second kappa shape index (κ2) is 9.50. The standard InChI is InChI=1S/C18H22F3N5O3/c1-4-5-26-16(22-10-23-26)11(2)24-17(28)12-6-13(18(19,20)21)8-14(7-12)25-15(27)9-29-3/h6-8,10-11H,4-5,9H2,1-3H3,(H,24,28)(H,25,27). The number of alkyl halides is 3. The maximum absolute atomic E-state index is 13.2. The number of hydrogen-bond acceptors (Lipinski definition) is 5. The molecule has 0 aliphatic rings. The van der Waals surface area contributed by atoms with Crippen molar-refractivity contribution in [2.75, 3.05) is 19.0 Å². The Hall–Kier alpha value is -2.95. The van der Waals surface area contributed by atoms with Crippen LogP contribution in [0.5, 0.6) is 0 Å². The number of nitrogens with one attached hydrogen (secondary N) is 2. The van der Waals surface area contributed by atoms with Gasteiger partial charge in [0.05, 0.1) is 11.6 Å². The summed E-state index contributed by atoms with van der Waals surface area (Å²) in [4.78, 5) is 28.3. The minimum Gasteiger partial charge on any atom is -0.375 e. The van der Waals surface area contributed by atoms with Gasteiger partial charge in [-0.05, 0) is 31.5 Å². The Labute approximate surface area is 165 Å². The molecular weight excluding hydrogens is 391 g/mol. The number of methoxy groups -OCH3 is 1. The van der Waals surface area contributed by atoms with Crippen LogP contribution in [0.4, 0.5) is 18.9 Å². The van der Waals surface area contributed by atoms with Gasteiger partial charge in [0.1, 0.15) is 18.8 Å². The third kappa shape index (κ3) is 6.01. The topological polar surface area (TPSA) is 98.1 Å². The molecule has 1 aromatic heterocycles. The molecule has 0 saturated heterocycles. The predicted octanol–water partition coefficient (Wildman–Crippen LogP) is 2.78. The van der Waals surface area contributed by atoms with Crippen molar-refractivity contribution in [1.82, 2.24) is 20.1 Å². The number of nitrogens with zero attached hydrogens (tertiary/aromatic N) is 3. The number of benzene rings is 1. The van der Waals surface area contributed by atoms with E-state index in [1.807, 2.05) is 6.92 Å². The molecular formula is C18H22F3N5O3. The maximum atomic E-state index is 13.2. The number of aryl methyl sites for hydroxylation is 1. The van der Waals surface area contributed by atoms with Crippen molar-refractivity contribution in [2.45, 2.75) is 39.0 Å². The van der Waals surface area contributed by atoms with Crippen LogP contribution in [0.3, 0.4) is 0 Å². The number of rotatable bonds is 8. The fourth-order valence-corrected chi connectivity index (χ4v) is 2.66. The number of ether oxygens (including phenoxy) is 1. The molecule has 0 radical (unpaired) electrons. The largest absolute Gasteiger partial charge is 0.416 e. The summed E-state index contributed by atoms with van der Waals surface area (Å²) in [5.74, 6) is -0.892. The highest BCUT2D eigenvalue weighted by molar-refractivity contribution is 5.98. The third-order valence-electron chi connectivity index (χ3n) is 3.90. The molecule has 1 unspecified atom stereocenters. The zero-order valence-electron chi connectivity index (χ0n) is 16.2. The van der Waals surface area contributed by atoms with Gasteiger partial charge in [-0.15, -0.1) is 0 Å². The summed E-state index contributed by atoms with van der Waals surface area (Å²) in [6.07, 6.45) is -2.54. The van der Waals surface area contributed by atoms with Crippen molar-refractivity contribution in [2.24, 2.45) is 0 Å². The van der Waals surface area contributed by atoms with Gasteiger partial charge < -0.3 is 15.4 Å². The van der Waals surface area contributed by atoms with Gasteiger partial charge in [0.25, 0.3) is 5.91 Å². The van der Waals surface area contributed by atoms with Crippen molar-refractivity contribution in [3.8, 4) is 0 Å². The Kier molecular flexibility index (Phi) is 7.32. The molecule has 11 heteroatoms. The first kappa shape index (κ1) is 22.3. The first-order chi connectivity index (χ1) is 13.7. The van der Waals surface area contributed by atoms with Gasteiger partial charge in [0, 0.05) is 24.9 Å². The zero-order chi connectivity index (χ0) is 21.6. The summed E-state index contributed by atoms with van der Waals surface area (Å²) in [5.41, 5.74) is -1.46. The molecule has 0 saturated carbocycles. The minimum absolute atomic E-state index is 0.158. The fraction of sp³-hybridized carbons (Fsp3) is 0.444. The Balaban J connectivity index is 2.27. The van der Waals surface area contributed by atoms with Crippen molar-refractivity contribution in [1.29, 1.82) is 0 Å². The summed E-state index contributed by atoms with van der Waals surface area (Å²) in [5, 5.41) is 8.97. The monoisotopic (exact) mass is 413 g/mol. The lowest BCUT2D eigenvalue weighted by Crippen LogP contribution is -2.29. The van der Waals surface area contributed by atoms with Crippen LogP contribution in [-0.2, 0) is 22.3 Å². The molecule has 29 heavy (non-hydrogen) atoms. The SMILES string of the molecule is CCCn1ncnc1C(C)NC(=O)c1cc(NC(=O)COC)cc(C(F)(F)F)c1. The van der Waals surface area contributed by atoms with Gasteiger partial charge in [0.2, 0.25) is 5.91 Å². The highest BCUT2D eigenvalue weighted by atomic mass is 19.4. The van der Waals surface area contributed by atoms with Crippen LogP contribution in [0, 0.1) is 0 Å². The predicted molar refractivity (Wildman–Crippen MR) is 98.1 cm³/mol. The summed E-state index contributed by atoms with van der Waals surface area (Å²) < 4.78 is 46.0. The highest BCUT2D eigenvalue weighted by Gasteiger charge is 2.32. The van der Waals surface area contributed by atoms with E-state index < -0.39 is 29.6 Å². The molecule has 0 bridgehead atoms. The van der Waals surface area contributed by atoms with Crippen LogP contribution in [0.15, 0.2) is 24.5 Å². The first-order valence-corrected chi connectivity index (χ1v) is 8.85. The molecule has 0 aliphatic heterocycles. The van der Waals surface area contributed by atoms with Crippen molar-refractivity contribution >= 4 is 17.5 Å². The second-order valence-corrected chi connectivity index (χ2v) is 6.31. The van der Waals surface area contributed by atoms with Gasteiger partial charge in [0.15, 0.2) is 0 Å². The molecule has 1 aromatic carbocycles. The molecule has 1 atom stereocenters. The Morgan fingerprint density at radius 3 is 2.62 bits per heavy atom. The van der Waals surface area contributed by atoms with E-state index in [1.165, 1.54) is 19.5 Å². The van der Waals surface area contributed by atoms with Crippen LogP contribution in [0.25, 0.3) is 0 Å². The second-order valence-electron chi connectivity index (χ2n) is 6.31. The quantitative estimate of drug-likeness (QED) is 0.694. The summed E-state index contributed by atoms with van der Waals surface area (Å²) >= 11 is 0. The van der Waals surface area contributed by atoms with Crippen LogP contribution in [0.2, 0.25) is 0 Å². The summed E-state index contributed by atoms with van der Waals surface area (Å²) in [6.45, 7) is 3.87. The molecule has 2 N–H and O–H groups in total. The van der Waals surface area contributed by atoms with Crippen LogP contribution < -0.4 is 10.6 Å². The van der Waals surface area contributed by atoms with Crippen molar-refractivity contribution in [3.05, 3.63) is 41.5 Å². The summed E-state index contributed by atoms with van der Waals surface area (Å²) in [6, 6.07) is 2.07. The van der Waals surface area contributed by atoms with Crippen LogP contribution in [-0.4, -0.2) is 40.3 Å². The van der Waals surface area contributed by atoms with Gasteiger partial charge >= 0.3 is 6.18 Å². The maximum Gasteiger partial charge on any atom is 0.416 e. The number of amides is 2. The van der Waals surface area contributed by atoms with Crippen molar-refractivity contribution in [3.63, 3.8) is 0 Å². The highest BCUT2D eigenvalue weighted by Crippen LogP contribution is 2.32. The van der Waals surface area contributed by atoms with E-state index in [9.17, 15) is 22.8 Å². The normalized spacial score (nSPS) is 12.5. The van der Waals surface area contributed by atoms with Gasteiger partial charge in [-0.3, -0.25) is 9.59 Å². The number of halogens is 3. The molecule has 1 heterocycles. The average Bonchev–Trinajstić information content (AvgIpc) is 3.09. The van der Waals surface area contributed by atoms with Crippen LogP contribution >= 0.6 is 0 Å². The van der Waals surface area contributed by atoms with E-state index in [4.69, 9.17) is 0 Å². The fourth-order valence-electron chi connectivity index (χ4n) is 2.66. The van der Waals surface area contributed by atoms with E-state index in [0.29, 0.717) is 12.4 Å². The molecule has 2 rings (SSSR count). The lowest BCUT2D eigenvalue weighted by atomic mass is 10.1.